The maximum atomic E-state index is 9.27. The number of aromatic hydroxyl groups is 1. The molecule has 3 aromatic rings. The van der Waals surface area contributed by atoms with Gasteiger partial charge in [-0.1, -0.05) is 12.1 Å². The molecule has 0 saturated carbocycles. The van der Waals surface area contributed by atoms with Crippen molar-refractivity contribution in [1.29, 1.82) is 0 Å². The number of benzene rings is 2. The lowest BCUT2D eigenvalue weighted by Crippen LogP contribution is -2.05. The van der Waals surface area contributed by atoms with Gasteiger partial charge in [0.25, 0.3) is 0 Å². The lowest BCUT2D eigenvalue weighted by atomic mass is 10.1. The molecule has 4 N–H and O–H groups in total. The number of phenolic OH excluding ortho intramolecular Hbond substituents is 1. The highest BCUT2D eigenvalue weighted by atomic mass is 16.3. The van der Waals surface area contributed by atoms with E-state index < -0.39 is 0 Å². The lowest BCUT2D eigenvalue weighted by molar-refractivity contribution is 0.475. The Morgan fingerprint density at radius 3 is 2.67 bits per heavy atom. The summed E-state index contributed by atoms with van der Waals surface area (Å²) in [7, 11) is 0. The van der Waals surface area contributed by atoms with Gasteiger partial charge in [0, 0.05) is 23.8 Å². The Labute approximate surface area is 123 Å². The standard InChI is InChI=1S/C17H17N3O/c18-15-7-8-16(14-2-1-10-20-17(14)15)19-11-9-12-3-5-13(21)6-4-12/h1-8,10,19,21H,9,11,18H2. The zero-order chi connectivity index (χ0) is 14.7. The average Bonchev–Trinajstić information content (AvgIpc) is 2.52. The quantitative estimate of drug-likeness (QED) is 0.641. The van der Waals surface area contributed by atoms with Crippen LogP contribution in [0.4, 0.5) is 11.4 Å². The van der Waals surface area contributed by atoms with Crippen molar-refractivity contribution in [3.8, 4) is 5.75 Å². The summed E-state index contributed by atoms with van der Waals surface area (Å²) in [4.78, 5) is 4.32. The molecule has 0 aliphatic carbocycles. The number of hydrogen-bond donors (Lipinski definition) is 3. The summed E-state index contributed by atoms with van der Waals surface area (Å²) in [5.74, 6) is 0.294. The predicted molar refractivity (Wildman–Crippen MR) is 86.5 cm³/mol. The predicted octanol–water partition coefficient (Wildman–Crippen LogP) is 3.18. The van der Waals surface area contributed by atoms with Crippen LogP contribution in [0.3, 0.4) is 0 Å². The van der Waals surface area contributed by atoms with Gasteiger partial charge < -0.3 is 16.2 Å². The van der Waals surface area contributed by atoms with E-state index in [9.17, 15) is 5.11 Å². The van der Waals surface area contributed by atoms with Crippen molar-refractivity contribution in [2.24, 2.45) is 0 Å². The van der Waals surface area contributed by atoms with Crippen LogP contribution in [0.25, 0.3) is 10.9 Å². The zero-order valence-electron chi connectivity index (χ0n) is 11.6. The third kappa shape index (κ3) is 2.89. The number of phenols is 1. The molecule has 0 atom stereocenters. The summed E-state index contributed by atoms with van der Waals surface area (Å²) in [6.45, 7) is 0.804. The Hall–Kier alpha value is -2.75. The van der Waals surface area contributed by atoms with Crippen molar-refractivity contribution < 1.29 is 5.11 Å². The molecule has 1 aromatic heterocycles. The molecule has 0 spiro atoms. The van der Waals surface area contributed by atoms with Crippen molar-refractivity contribution in [2.45, 2.75) is 6.42 Å². The molecule has 0 bridgehead atoms. The van der Waals surface area contributed by atoms with Crippen molar-refractivity contribution in [1.82, 2.24) is 4.98 Å². The van der Waals surface area contributed by atoms with E-state index in [-0.39, 0.29) is 0 Å². The highest BCUT2D eigenvalue weighted by molar-refractivity contribution is 5.98. The first-order valence-electron chi connectivity index (χ1n) is 6.89. The lowest BCUT2D eigenvalue weighted by Gasteiger charge is -2.11. The molecular formula is C17H17N3O. The number of rotatable bonds is 4. The van der Waals surface area contributed by atoms with Crippen LogP contribution >= 0.6 is 0 Å². The molecule has 21 heavy (non-hydrogen) atoms. The fourth-order valence-electron chi connectivity index (χ4n) is 2.35. The number of nitrogens with one attached hydrogen (secondary N) is 1. The monoisotopic (exact) mass is 279 g/mol. The highest BCUT2D eigenvalue weighted by Gasteiger charge is 2.04. The molecule has 3 rings (SSSR count). The van der Waals surface area contributed by atoms with E-state index in [1.165, 1.54) is 5.56 Å². The van der Waals surface area contributed by atoms with Crippen LogP contribution in [-0.4, -0.2) is 16.6 Å². The maximum absolute atomic E-state index is 9.27. The minimum absolute atomic E-state index is 0.294. The molecule has 0 aliphatic heterocycles. The number of hydrogen-bond acceptors (Lipinski definition) is 4. The van der Waals surface area contributed by atoms with Gasteiger partial charge in [-0.05, 0) is 48.4 Å². The van der Waals surface area contributed by atoms with Crippen LogP contribution in [-0.2, 0) is 6.42 Å². The van der Waals surface area contributed by atoms with E-state index >= 15 is 0 Å². The molecule has 1 heterocycles. The van der Waals surface area contributed by atoms with Gasteiger partial charge in [0.2, 0.25) is 0 Å². The first-order valence-corrected chi connectivity index (χ1v) is 6.89. The van der Waals surface area contributed by atoms with Gasteiger partial charge in [-0.15, -0.1) is 0 Å². The van der Waals surface area contributed by atoms with Crippen LogP contribution in [0.15, 0.2) is 54.7 Å². The third-order valence-corrected chi connectivity index (χ3v) is 3.47. The van der Waals surface area contributed by atoms with Crippen molar-refractivity contribution in [3.63, 3.8) is 0 Å². The van der Waals surface area contributed by atoms with Gasteiger partial charge in [-0.25, -0.2) is 0 Å². The number of anilines is 2. The Morgan fingerprint density at radius 1 is 1.05 bits per heavy atom. The smallest absolute Gasteiger partial charge is 0.115 e. The number of nitrogen functional groups attached to an aromatic ring is 1. The summed E-state index contributed by atoms with van der Waals surface area (Å²) < 4.78 is 0. The Bertz CT molecular complexity index is 754. The minimum Gasteiger partial charge on any atom is -0.508 e. The van der Waals surface area contributed by atoms with E-state index in [0.717, 1.165) is 29.6 Å². The fraction of sp³-hybridized carbons (Fsp3) is 0.118. The van der Waals surface area contributed by atoms with Gasteiger partial charge in [0.15, 0.2) is 0 Å². The summed E-state index contributed by atoms with van der Waals surface area (Å²) >= 11 is 0. The second-order valence-electron chi connectivity index (χ2n) is 4.95. The van der Waals surface area contributed by atoms with Gasteiger partial charge in [-0.3, -0.25) is 4.98 Å². The average molecular weight is 279 g/mol. The molecule has 106 valence electrons. The number of pyridine rings is 1. The first kappa shape index (κ1) is 13.2. The SMILES string of the molecule is Nc1ccc(NCCc2ccc(O)cc2)c2cccnc12. The van der Waals surface area contributed by atoms with Gasteiger partial charge in [0.05, 0.1) is 11.2 Å². The molecule has 0 radical (unpaired) electrons. The van der Waals surface area contributed by atoms with Crippen LogP contribution in [0.5, 0.6) is 5.75 Å². The second kappa shape index (κ2) is 5.71. The Morgan fingerprint density at radius 2 is 1.86 bits per heavy atom. The fourth-order valence-corrected chi connectivity index (χ4v) is 2.35. The second-order valence-corrected chi connectivity index (χ2v) is 4.95. The highest BCUT2D eigenvalue weighted by Crippen LogP contribution is 2.26. The van der Waals surface area contributed by atoms with Gasteiger partial charge in [-0.2, -0.15) is 0 Å². The topological polar surface area (TPSA) is 71.2 Å². The van der Waals surface area contributed by atoms with E-state index in [1.807, 2.05) is 36.4 Å². The molecule has 0 unspecified atom stereocenters. The number of nitrogens with zero attached hydrogens (tertiary/aromatic N) is 1. The van der Waals surface area contributed by atoms with Crippen molar-refractivity contribution in [3.05, 3.63) is 60.3 Å². The number of nitrogens with two attached hydrogens (primary N) is 1. The van der Waals surface area contributed by atoms with Crippen LogP contribution in [0, 0.1) is 0 Å². The van der Waals surface area contributed by atoms with Gasteiger partial charge in [0.1, 0.15) is 5.75 Å². The van der Waals surface area contributed by atoms with Crippen molar-refractivity contribution in [2.75, 3.05) is 17.6 Å². The van der Waals surface area contributed by atoms with Crippen LogP contribution < -0.4 is 11.1 Å². The van der Waals surface area contributed by atoms with E-state index in [4.69, 9.17) is 5.73 Å². The van der Waals surface area contributed by atoms with Gasteiger partial charge >= 0.3 is 0 Å². The van der Waals surface area contributed by atoms with Crippen molar-refractivity contribution >= 4 is 22.3 Å². The summed E-state index contributed by atoms with van der Waals surface area (Å²) in [6.07, 6.45) is 2.63. The molecule has 0 amide bonds. The molecule has 2 aromatic carbocycles. The molecule has 4 heteroatoms. The summed E-state index contributed by atoms with van der Waals surface area (Å²) in [6, 6.07) is 15.1. The Balaban J connectivity index is 1.74. The molecule has 0 fully saturated rings. The third-order valence-electron chi connectivity index (χ3n) is 3.47. The van der Waals surface area contributed by atoms with Crippen LogP contribution in [0.1, 0.15) is 5.56 Å². The minimum atomic E-state index is 0.294. The normalized spacial score (nSPS) is 10.7. The summed E-state index contributed by atoms with van der Waals surface area (Å²) in [5, 5.41) is 13.7. The maximum Gasteiger partial charge on any atom is 0.115 e. The zero-order valence-corrected chi connectivity index (χ0v) is 11.6. The van der Waals surface area contributed by atoms with E-state index in [2.05, 4.69) is 10.3 Å². The molecule has 4 nitrogen and oxygen atoms in total. The Kier molecular flexibility index (Phi) is 3.60. The largest absolute Gasteiger partial charge is 0.508 e. The van der Waals surface area contributed by atoms with E-state index in [0.29, 0.717) is 11.4 Å². The van der Waals surface area contributed by atoms with E-state index in [1.54, 1.807) is 18.3 Å². The summed E-state index contributed by atoms with van der Waals surface area (Å²) in [5.41, 5.74) is 9.67. The molecule has 0 saturated heterocycles. The van der Waals surface area contributed by atoms with Crippen LogP contribution in [0.2, 0.25) is 0 Å². The number of aromatic nitrogens is 1. The molecular weight excluding hydrogens is 262 g/mol. The number of fused-ring (bicyclic) bond motifs is 1. The first-order chi connectivity index (χ1) is 10.2. The molecule has 0 aliphatic rings.